The van der Waals surface area contributed by atoms with E-state index in [2.05, 4.69) is 20.2 Å². The first-order valence-electron chi connectivity index (χ1n) is 8.31. The Balaban J connectivity index is 1.29. The molecule has 0 bridgehead atoms. The zero-order valence-electron chi connectivity index (χ0n) is 12.6. The highest BCUT2D eigenvalue weighted by Crippen LogP contribution is 2.32. The Kier molecular flexibility index (Phi) is 4.25. The monoisotopic (exact) mass is 307 g/mol. The first-order valence-corrected chi connectivity index (χ1v) is 9.19. The summed E-state index contributed by atoms with van der Waals surface area (Å²) in [5.41, 5.74) is 0. The molecular formula is C16H25N3OS. The minimum atomic E-state index is 0.509. The number of piperidine rings is 1. The van der Waals surface area contributed by atoms with Gasteiger partial charge in [-0.25, -0.2) is 4.98 Å². The van der Waals surface area contributed by atoms with Crippen molar-refractivity contribution in [2.75, 3.05) is 39.3 Å². The molecule has 0 N–H and O–H groups in total. The zero-order chi connectivity index (χ0) is 14.1. The van der Waals surface area contributed by atoms with Crippen molar-refractivity contribution in [2.24, 2.45) is 11.8 Å². The van der Waals surface area contributed by atoms with Gasteiger partial charge in [0.05, 0.1) is 12.6 Å². The van der Waals surface area contributed by atoms with Crippen molar-refractivity contribution in [1.82, 2.24) is 14.8 Å². The van der Waals surface area contributed by atoms with E-state index < -0.39 is 0 Å². The fraction of sp³-hybridized carbons (Fsp3) is 0.812. The van der Waals surface area contributed by atoms with E-state index >= 15 is 0 Å². The number of nitrogens with zero attached hydrogens (tertiary/aromatic N) is 3. The summed E-state index contributed by atoms with van der Waals surface area (Å²) in [6.07, 6.45) is 6.32. The second-order valence-corrected chi connectivity index (χ2v) is 7.80. The number of rotatable bonds is 4. The minimum Gasteiger partial charge on any atom is -0.377 e. The molecule has 0 saturated carbocycles. The highest BCUT2D eigenvalue weighted by Gasteiger charge is 2.37. The summed E-state index contributed by atoms with van der Waals surface area (Å²) in [6, 6.07) is 0. The summed E-state index contributed by atoms with van der Waals surface area (Å²) in [5, 5.41) is 3.35. The van der Waals surface area contributed by atoms with Crippen molar-refractivity contribution in [3.05, 3.63) is 16.6 Å². The molecule has 5 heteroatoms. The summed E-state index contributed by atoms with van der Waals surface area (Å²) in [5.74, 6) is 1.77. The summed E-state index contributed by atoms with van der Waals surface area (Å²) in [7, 11) is 0. The van der Waals surface area contributed by atoms with E-state index in [1.807, 2.05) is 6.20 Å². The van der Waals surface area contributed by atoms with E-state index in [0.29, 0.717) is 6.10 Å². The van der Waals surface area contributed by atoms with Crippen molar-refractivity contribution < 1.29 is 4.74 Å². The molecule has 1 aromatic heterocycles. The van der Waals surface area contributed by atoms with Crippen LogP contribution in [-0.4, -0.2) is 60.2 Å². The number of fused-ring (bicyclic) bond motifs is 1. The van der Waals surface area contributed by atoms with Gasteiger partial charge >= 0.3 is 0 Å². The Morgan fingerprint density at radius 3 is 2.90 bits per heavy atom. The zero-order valence-corrected chi connectivity index (χ0v) is 13.4. The van der Waals surface area contributed by atoms with E-state index in [0.717, 1.165) is 31.5 Å². The van der Waals surface area contributed by atoms with Gasteiger partial charge in [0, 0.05) is 44.4 Å². The number of likely N-dealkylation sites (tertiary alicyclic amines) is 2. The van der Waals surface area contributed by atoms with Gasteiger partial charge < -0.3 is 9.64 Å². The predicted octanol–water partition coefficient (Wildman–Crippen LogP) is 2.08. The van der Waals surface area contributed by atoms with Crippen LogP contribution in [0.25, 0.3) is 0 Å². The average molecular weight is 307 g/mol. The lowest BCUT2D eigenvalue weighted by atomic mass is 9.88. The van der Waals surface area contributed by atoms with E-state index in [1.165, 1.54) is 50.4 Å². The molecule has 21 heavy (non-hydrogen) atoms. The van der Waals surface area contributed by atoms with Gasteiger partial charge in [0.25, 0.3) is 0 Å². The molecule has 0 amide bonds. The van der Waals surface area contributed by atoms with Crippen LogP contribution >= 0.6 is 11.3 Å². The number of aromatic nitrogens is 1. The summed E-state index contributed by atoms with van der Waals surface area (Å²) in [6.45, 7) is 8.27. The van der Waals surface area contributed by atoms with Crippen LogP contribution in [-0.2, 0) is 11.3 Å². The Morgan fingerprint density at radius 2 is 2.10 bits per heavy atom. The minimum absolute atomic E-state index is 0.509. The Hall–Kier alpha value is -0.490. The molecule has 0 spiro atoms. The van der Waals surface area contributed by atoms with Crippen LogP contribution in [0.3, 0.4) is 0 Å². The van der Waals surface area contributed by atoms with Crippen molar-refractivity contribution in [3.63, 3.8) is 0 Å². The lowest BCUT2D eigenvalue weighted by molar-refractivity contribution is 0.0507. The number of hydrogen-bond donors (Lipinski definition) is 0. The first-order chi connectivity index (χ1) is 10.4. The van der Waals surface area contributed by atoms with E-state index in [4.69, 9.17) is 4.74 Å². The van der Waals surface area contributed by atoms with E-state index in [1.54, 1.807) is 11.3 Å². The fourth-order valence-corrected chi connectivity index (χ4v) is 4.89. The molecule has 1 unspecified atom stereocenters. The van der Waals surface area contributed by atoms with Gasteiger partial charge in [-0.2, -0.15) is 0 Å². The van der Waals surface area contributed by atoms with E-state index in [-0.39, 0.29) is 0 Å². The fourth-order valence-electron chi connectivity index (χ4n) is 4.23. The van der Waals surface area contributed by atoms with E-state index in [9.17, 15) is 0 Å². The lowest BCUT2D eigenvalue weighted by Crippen LogP contribution is -2.43. The molecule has 4 nitrogen and oxygen atoms in total. The topological polar surface area (TPSA) is 28.6 Å². The van der Waals surface area contributed by atoms with Gasteiger partial charge in [0.1, 0.15) is 5.01 Å². The van der Waals surface area contributed by atoms with Gasteiger partial charge in [-0.15, -0.1) is 11.3 Å². The van der Waals surface area contributed by atoms with Crippen LogP contribution in [0.4, 0.5) is 0 Å². The molecule has 3 aliphatic heterocycles. The number of thiazole rings is 1. The summed E-state index contributed by atoms with van der Waals surface area (Å²) < 4.78 is 5.80. The molecule has 3 aliphatic rings. The maximum Gasteiger partial charge on any atom is 0.107 e. The van der Waals surface area contributed by atoms with Crippen molar-refractivity contribution in [1.29, 1.82) is 0 Å². The van der Waals surface area contributed by atoms with Crippen molar-refractivity contribution >= 4 is 11.3 Å². The third kappa shape index (κ3) is 3.31. The molecular weight excluding hydrogens is 282 g/mol. The molecule has 3 saturated heterocycles. The quantitative estimate of drug-likeness (QED) is 0.851. The standard InChI is InChI=1S/C16H25N3OS/c1-2-15(20-6-1)11-18-5-3-13-8-19(10-14(13)9-18)12-16-17-4-7-21-16/h4,7,13-15H,1-3,5-6,8-12H2/t13-,14+,15?/m0/s1. The van der Waals surface area contributed by atoms with Gasteiger partial charge in [-0.3, -0.25) is 4.90 Å². The summed E-state index contributed by atoms with van der Waals surface area (Å²) in [4.78, 5) is 9.70. The molecule has 116 valence electrons. The number of hydrogen-bond acceptors (Lipinski definition) is 5. The molecule has 4 rings (SSSR count). The van der Waals surface area contributed by atoms with Crippen LogP contribution < -0.4 is 0 Å². The van der Waals surface area contributed by atoms with Gasteiger partial charge in [-0.1, -0.05) is 0 Å². The van der Waals surface area contributed by atoms with Crippen LogP contribution in [0.2, 0.25) is 0 Å². The highest BCUT2D eigenvalue weighted by molar-refractivity contribution is 7.09. The molecule has 4 heterocycles. The second kappa shape index (κ2) is 6.32. The van der Waals surface area contributed by atoms with Crippen LogP contribution in [0.5, 0.6) is 0 Å². The Morgan fingerprint density at radius 1 is 1.19 bits per heavy atom. The molecule has 0 radical (unpaired) electrons. The largest absolute Gasteiger partial charge is 0.377 e. The SMILES string of the molecule is c1csc(CN2C[C@H]3CN(CC4CCCO4)CC[C@H]3C2)n1. The Bertz CT molecular complexity index is 446. The van der Waals surface area contributed by atoms with Crippen LogP contribution in [0.15, 0.2) is 11.6 Å². The lowest BCUT2D eigenvalue weighted by Gasteiger charge is -2.35. The van der Waals surface area contributed by atoms with Gasteiger partial charge in [0.15, 0.2) is 0 Å². The molecule has 0 aliphatic carbocycles. The molecule has 3 fully saturated rings. The first kappa shape index (κ1) is 14.1. The van der Waals surface area contributed by atoms with Gasteiger partial charge in [0.2, 0.25) is 0 Å². The molecule has 1 aromatic rings. The second-order valence-electron chi connectivity index (χ2n) is 6.82. The van der Waals surface area contributed by atoms with Crippen LogP contribution in [0.1, 0.15) is 24.3 Å². The van der Waals surface area contributed by atoms with Crippen molar-refractivity contribution in [2.45, 2.75) is 31.9 Å². The number of ether oxygens (including phenoxy) is 1. The molecule has 3 atom stereocenters. The third-order valence-electron chi connectivity index (χ3n) is 5.29. The maximum absolute atomic E-state index is 5.80. The van der Waals surface area contributed by atoms with Gasteiger partial charge in [-0.05, 0) is 37.6 Å². The predicted molar refractivity (Wildman–Crippen MR) is 84.4 cm³/mol. The average Bonchev–Trinajstić information content (AvgIpc) is 3.19. The Labute approximate surface area is 131 Å². The van der Waals surface area contributed by atoms with Crippen molar-refractivity contribution in [3.8, 4) is 0 Å². The summed E-state index contributed by atoms with van der Waals surface area (Å²) >= 11 is 1.79. The highest BCUT2D eigenvalue weighted by atomic mass is 32.1. The smallest absolute Gasteiger partial charge is 0.107 e. The maximum atomic E-state index is 5.80. The van der Waals surface area contributed by atoms with Crippen LogP contribution in [0, 0.1) is 11.8 Å². The third-order valence-corrected chi connectivity index (χ3v) is 6.05. The normalized spacial score (nSPS) is 34.4. The molecule has 0 aromatic carbocycles.